The van der Waals surface area contributed by atoms with Gasteiger partial charge in [-0.15, -0.1) is 0 Å². The molecule has 3 heteroatoms. The summed E-state index contributed by atoms with van der Waals surface area (Å²) >= 11 is 4.70. The van der Waals surface area contributed by atoms with Gasteiger partial charge in [-0.3, -0.25) is 4.98 Å². The van der Waals surface area contributed by atoms with E-state index in [1.807, 2.05) is 12.4 Å². The highest BCUT2D eigenvalue weighted by Gasteiger charge is 2.02. The third kappa shape index (κ3) is 1.81. The topological polar surface area (TPSA) is 12.9 Å². The average Bonchev–Trinajstić information content (AvgIpc) is 2.07. The standard InChI is InChI=1S/C10H7I2N/c1-6-4-13-5-9-8(6)2-7(11)3-10(9)12/h2-5H,1H3. The van der Waals surface area contributed by atoms with Crippen LogP contribution in [0.25, 0.3) is 10.8 Å². The third-order valence-corrected chi connectivity index (χ3v) is 3.51. The number of fused-ring (bicyclic) bond motifs is 1. The zero-order valence-electron chi connectivity index (χ0n) is 7.01. The normalized spacial score (nSPS) is 10.7. The monoisotopic (exact) mass is 395 g/mol. The molecule has 2 rings (SSSR count). The Bertz CT molecular complexity index is 466. The van der Waals surface area contributed by atoms with Crippen LogP contribution in [0.5, 0.6) is 0 Å². The van der Waals surface area contributed by atoms with E-state index in [1.165, 1.54) is 23.5 Å². The van der Waals surface area contributed by atoms with Gasteiger partial charge >= 0.3 is 0 Å². The van der Waals surface area contributed by atoms with Gasteiger partial charge in [-0.05, 0) is 75.2 Å². The summed E-state index contributed by atoms with van der Waals surface area (Å²) < 4.78 is 2.56. The van der Waals surface area contributed by atoms with Gasteiger partial charge in [0.2, 0.25) is 0 Å². The van der Waals surface area contributed by atoms with Gasteiger partial charge in [0.1, 0.15) is 0 Å². The summed E-state index contributed by atoms with van der Waals surface area (Å²) in [5, 5.41) is 2.56. The molecular weight excluding hydrogens is 388 g/mol. The van der Waals surface area contributed by atoms with Crippen molar-refractivity contribution in [3.8, 4) is 0 Å². The van der Waals surface area contributed by atoms with Crippen molar-refractivity contribution in [3.63, 3.8) is 0 Å². The Hall–Kier alpha value is 0.0900. The van der Waals surface area contributed by atoms with Crippen LogP contribution in [0.15, 0.2) is 24.5 Å². The Labute approximate surface area is 104 Å². The Balaban J connectivity index is 2.94. The molecule has 0 radical (unpaired) electrons. The lowest BCUT2D eigenvalue weighted by atomic mass is 10.1. The van der Waals surface area contributed by atoms with Crippen molar-refractivity contribution >= 4 is 56.0 Å². The molecule has 13 heavy (non-hydrogen) atoms. The number of hydrogen-bond donors (Lipinski definition) is 0. The molecule has 0 aliphatic heterocycles. The number of rotatable bonds is 0. The molecule has 0 amide bonds. The minimum atomic E-state index is 1.24. The van der Waals surface area contributed by atoms with Crippen LogP contribution < -0.4 is 0 Å². The number of halogens is 2. The summed E-state index contributed by atoms with van der Waals surface area (Å²) in [7, 11) is 0. The van der Waals surface area contributed by atoms with Gasteiger partial charge in [0.25, 0.3) is 0 Å². The minimum absolute atomic E-state index is 1.24. The predicted molar refractivity (Wildman–Crippen MR) is 71.9 cm³/mol. The van der Waals surface area contributed by atoms with Crippen molar-refractivity contribution in [3.05, 3.63) is 37.2 Å². The summed E-state index contributed by atoms with van der Waals surface area (Å²) in [6.45, 7) is 2.10. The Morgan fingerprint density at radius 3 is 2.62 bits per heavy atom. The van der Waals surface area contributed by atoms with Gasteiger partial charge in [0.05, 0.1) is 0 Å². The Kier molecular flexibility index (Phi) is 2.73. The second kappa shape index (κ2) is 3.68. The van der Waals surface area contributed by atoms with E-state index in [2.05, 4.69) is 69.2 Å². The van der Waals surface area contributed by atoms with Gasteiger partial charge < -0.3 is 0 Å². The highest BCUT2D eigenvalue weighted by atomic mass is 127. The fourth-order valence-electron chi connectivity index (χ4n) is 1.34. The van der Waals surface area contributed by atoms with Crippen molar-refractivity contribution in [1.29, 1.82) is 0 Å². The molecule has 2 aromatic rings. The Morgan fingerprint density at radius 1 is 1.08 bits per heavy atom. The van der Waals surface area contributed by atoms with E-state index in [9.17, 15) is 0 Å². The highest BCUT2D eigenvalue weighted by molar-refractivity contribution is 14.1. The second-order valence-corrected chi connectivity index (χ2v) is 5.35. The maximum Gasteiger partial charge on any atom is 0.0357 e. The smallest absolute Gasteiger partial charge is 0.0357 e. The maximum absolute atomic E-state index is 4.20. The number of pyridine rings is 1. The lowest BCUT2D eigenvalue weighted by Gasteiger charge is -2.03. The molecule has 1 aromatic carbocycles. The molecule has 0 bridgehead atoms. The largest absolute Gasteiger partial charge is 0.264 e. The second-order valence-electron chi connectivity index (χ2n) is 2.94. The van der Waals surface area contributed by atoms with Gasteiger partial charge in [0, 0.05) is 24.9 Å². The lowest BCUT2D eigenvalue weighted by molar-refractivity contribution is 1.30. The van der Waals surface area contributed by atoms with Crippen molar-refractivity contribution < 1.29 is 0 Å². The van der Waals surface area contributed by atoms with Crippen LogP contribution in [-0.2, 0) is 0 Å². The molecule has 0 aliphatic carbocycles. The maximum atomic E-state index is 4.20. The van der Waals surface area contributed by atoms with Crippen LogP contribution in [0.3, 0.4) is 0 Å². The third-order valence-electron chi connectivity index (χ3n) is 1.99. The SMILES string of the molecule is Cc1cncc2c(I)cc(I)cc12. The molecule has 0 saturated carbocycles. The van der Waals surface area contributed by atoms with Gasteiger partial charge in [-0.1, -0.05) is 0 Å². The summed E-state index contributed by atoms with van der Waals surface area (Å²) in [5.74, 6) is 0. The zero-order chi connectivity index (χ0) is 9.42. The van der Waals surface area contributed by atoms with Gasteiger partial charge in [-0.2, -0.15) is 0 Å². The van der Waals surface area contributed by atoms with Gasteiger partial charge in [0.15, 0.2) is 0 Å². The first-order valence-electron chi connectivity index (χ1n) is 3.88. The van der Waals surface area contributed by atoms with Crippen LogP contribution in [0.4, 0.5) is 0 Å². The summed E-state index contributed by atoms with van der Waals surface area (Å²) in [4.78, 5) is 4.20. The van der Waals surface area contributed by atoms with E-state index in [0.717, 1.165) is 0 Å². The van der Waals surface area contributed by atoms with E-state index in [-0.39, 0.29) is 0 Å². The number of nitrogens with zero attached hydrogens (tertiary/aromatic N) is 1. The van der Waals surface area contributed by atoms with E-state index < -0.39 is 0 Å². The molecule has 0 aliphatic rings. The van der Waals surface area contributed by atoms with Crippen molar-refractivity contribution in [1.82, 2.24) is 4.98 Å². The van der Waals surface area contributed by atoms with E-state index in [4.69, 9.17) is 0 Å². The molecular formula is C10H7I2N. The molecule has 0 fully saturated rings. The predicted octanol–water partition coefficient (Wildman–Crippen LogP) is 3.75. The van der Waals surface area contributed by atoms with Crippen molar-refractivity contribution in [2.45, 2.75) is 6.92 Å². The van der Waals surface area contributed by atoms with Crippen LogP contribution in [0, 0.1) is 14.1 Å². The number of hydrogen-bond acceptors (Lipinski definition) is 1. The van der Waals surface area contributed by atoms with Crippen LogP contribution in [-0.4, -0.2) is 4.98 Å². The van der Waals surface area contributed by atoms with Crippen LogP contribution >= 0.6 is 45.2 Å². The molecule has 1 nitrogen and oxygen atoms in total. The molecule has 1 aromatic heterocycles. The average molecular weight is 395 g/mol. The van der Waals surface area contributed by atoms with Gasteiger partial charge in [-0.25, -0.2) is 0 Å². The minimum Gasteiger partial charge on any atom is -0.264 e. The van der Waals surface area contributed by atoms with E-state index in [1.54, 1.807) is 0 Å². The van der Waals surface area contributed by atoms with Crippen molar-refractivity contribution in [2.75, 3.05) is 0 Å². The molecule has 0 spiro atoms. The number of benzene rings is 1. The fraction of sp³-hybridized carbons (Fsp3) is 0.100. The first-order chi connectivity index (χ1) is 6.18. The lowest BCUT2D eigenvalue weighted by Crippen LogP contribution is -1.85. The molecule has 0 unspecified atom stereocenters. The number of aromatic nitrogens is 1. The molecule has 0 atom stereocenters. The first-order valence-corrected chi connectivity index (χ1v) is 6.03. The summed E-state index contributed by atoms with van der Waals surface area (Å²) in [6.07, 6.45) is 3.84. The highest BCUT2D eigenvalue weighted by Crippen LogP contribution is 2.24. The fourth-order valence-corrected chi connectivity index (χ4v) is 3.32. The first kappa shape index (κ1) is 9.64. The molecule has 0 N–H and O–H groups in total. The zero-order valence-corrected chi connectivity index (χ0v) is 11.3. The quantitative estimate of drug-likeness (QED) is 0.620. The summed E-state index contributed by atoms with van der Waals surface area (Å²) in [5.41, 5.74) is 1.24. The molecule has 66 valence electrons. The molecule has 0 saturated heterocycles. The number of aryl methyl sites for hydroxylation is 1. The summed E-state index contributed by atoms with van der Waals surface area (Å²) in [6, 6.07) is 4.37. The van der Waals surface area contributed by atoms with E-state index in [0.29, 0.717) is 0 Å². The molecule has 1 heterocycles. The van der Waals surface area contributed by atoms with Crippen molar-refractivity contribution in [2.24, 2.45) is 0 Å². The van der Waals surface area contributed by atoms with Crippen LogP contribution in [0.2, 0.25) is 0 Å². The van der Waals surface area contributed by atoms with Crippen LogP contribution in [0.1, 0.15) is 5.56 Å². The Morgan fingerprint density at radius 2 is 1.85 bits per heavy atom. The van der Waals surface area contributed by atoms with E-state index >= 15 is 0 Å².